The molecule has 0 aliphatic heterocycles. The third-order valence-corrected chi connectivity index (χ3v) is 1.66. The number of aliphatic imine (C=N–C) groups is 1. The van der Waals surface area contributed by atoms with Crippen molar-refractivity contribution >= 4 is 17.7 Å². The number of halogens is 3. The third kappa shape index (κ3) is 2.34. The summed E-state index contributed by atoms with van der Waals surface area (Å²) >= 11 is 5.34. The van der Waals surface area contributed by atoms with Crippen molar-refractivity contribution in [2.24, 2.45) is 4.99 Å². The molecule has 68 valence electrons. The molecule has 0 heterocycles. The Labute approximate surface area is 77.9 Å². The Balaban J connectivity index is 3.12. The van der Waals surface area contributed by atoms with E-state index >= 15 is 0 Å². The Morgan fingerprint density at radius 2 is 2.15 bits per heavy atom. The summed E-state index contributed by atoms with van der Waals surface area (Å²) in [4.78, 5) is 12.8. The van der Waals surface area contributed by atoms with E-state index in [1.54, 1.807) is 0 Å². The van der Waals surface area contributed by atoms with Crippen LogP contribution < -0.4 is 0 Å². The van der Waals surface area contributed by atoms with Crippen LogP contribution in [0.1, 0.15) is 5.56 Å². The van der Waals surface area contributed by atoms with Crippen LogP contribution in [0.15, 0.2) is 17.1 Å². The van der Waals surface area contributed by atoms with Crippen LogP contribution in [0.4, 0.5) is 8.78 Å². The monoisotopic (exact) mass is 203 g/mol. The lowest BCUT2D eigenvalue weighted by molar-refractivity contribution is 0.560. The zero-order valence-corrected chi connectivity index (χ0v) is 7.11. The van der Waals surface area contributed by atoms with E-state index in [1.165, 1.54) is 6.08 Å². The highest BCUT2D eigenvalue weighted by molar-refractivity contribution is 6.30. The first kappa shape index (κ1) is 9.84. The summed E-state index contributed by atoms with van der Waals surface area (Å²) in [6, 6.07) is 1.78. The SMILES string of the molecule is O=C=NCc1cc(F)cc(Cl)c1F. The lowest BCUT2D eigenvalue weighted by Crippen LogP contribution is -1.91. The van der Waals surface area contributed by atoms with E-state index in [0.29, 0.717) is 0 Å². The van der Waals surface area contributed by atoms with Crippen molar-refractivity contribution in [1.82, 2.24) is 0 Å². The number of hydrogen-bond donors (Lipinski definition) is 0. The molecule has 1 aromatic rings. The quantitative estimate of drug-likeness (QED) is 0.412. The first-order chi connectivity index (χ1) is 6.15. The Morgan fingerprint density at radius 1 is 1.46 bits per heavy atom. The summed E-state index contributed by atoms with van der Waals surface area (Å²) in [5.41, 5.74) is -0.0617. The Morgan fingerprint density at radius 3 is 2.77 bits per heavy atom. The van der Waals surface area contributed by atoms with Gasteiger partial charge in [0, 0.05) is 5.56 Å². The fraction of sp³-hybridized carbons (Fsp3) is 0.125. The third-order valence-electron chi connectivity index (χ3n) is 1.38. The van der Waals surface area contributed by atoms with Gasteiger partial charge in [-0.1, -0.05) is 11.6 Å². The molecule has 0 amide bonds. The minimum absolute atomic E-state index is 0.0617. The van der Waals surface area contributed by atoms with Gasteiger partial charge in [-0.2, -0.15) is 0 Å². The van der Waals surface area contributed by atoms with Crippen LogP contribution in [0, 0.1) is 11.6 Å². The molecular formula is C8H4ClF2NO. The topological polar surface area (TPSA) is 29.4 Å². The molecule has 0 fully saturated rings. The number of nitrogens with zero attached hydrogens (tertiary/aromatic N) is 1. The molecular weight excluding hydrogens is 200 g/mol. The van der Waals surface area contributed by atoms with E-state index in [4.69, 9.17) is 11.6 Å². The van der Waals surface area contributed by atoms with Crippen LogP contribution >= 0.6 is 11.6 Å². The summed E-state index contributed by atoms with van der Waals surface area (Å²) in [6.45, 7) is -0.257. The molecule has 1 rings (SSSR count). The first-order valence-corrected chi connectivity index (χ1v) is 3.70. The number of rotatable bonds is 2. The van der Waals surface area contributed by atoms with Crippen molar-refractivity contribution in [2.45, 2.75) is 6.54 Å². The predicted octanol–water partition coefficient (Wildman–Crippen LogP) is 2.45. The van der Waals surface area contributed by atoms with Crippen LogP contribution in [-0.2, 0) is 11.3 Å². The fourth-order valence-electron chi connectivity index (χ4n) is 0.842. The maximum Gasteiger partial charge on any atom is 0.235 e. The maximum absolute atomic E-state index is 13.0. The predicted molar refractivity (Wildman–Crippen MR) is 43.2 cm³/mol. The normalized spacial score (nSPS) is 9.46. The molecule has 0 radical (unpaired) electrons. The molecule has 0 aliphatic rings. The molecule has 0 atom stereocenters. The molecule has 5 heteroatoms. The zero-order valence-electron chi connectivity index (χ0n) is 6.35. The standard InChI is InChI=1S/C8H4ClF2NO/c9-7-2-6(10)1-5(8(7)11)3-12-4-13/h1-2H,3H2. The van der Waals surface area contributed by atoms with Gasteiger partial charge in [-0.05, 0) is 12.1 Å². The molecule has 0 saturated carbocycles. The molecule has 1 aromatic carbocycles. The zero-order chi connectivity index (χ0) is 9.84. The van der Waals surface area contributed by atoms with Crippen molar-refractivity contribution in [3.8, 4) is 0 Å². The molecule has 0 unspecified atom stereocenters. The second kappa shape index (κ2) is 4.12. The van der Waals surface area contributed by atoms with Gasteiger partial charge in [0.15, 0.2) is 0 Å². The fourth-order valence-corrected chi connectivity index (χ4v) is 1.07. The molecule has 0 saturated heterocycles. The summed E-state index contributed by atoms with van der Waals surface area (Å²) in [5, 5.41) is -0.323. The van der Waals surface area contributed by atoms with Crippen molar-refractivity contribution in [3.05, 3.63) is 34.4 Å². The van der Waals surface area contributed by atoms with Gasteiger partial charge in [-0.3, -0.25) is 0 Å². The lowest BCUT2D eigenvalue weighted by atomic mass is 10.2. The second-order valence-electron chi connectivity index (χ2n) is 2.27. The van der Waals surface area contributed by atoms with E-state index in [-0.39, 0.29) is 17.1 Å². The largest absolute Gasteiger partial charge is 0.235 e. The van der Waals surface area contributed by atoms with Crippen LogP contribution in [0.5, 0.6) is 0 Å². The van der Waals surface area contributed by atoms with Gasteiger partial charge in [-0.15, -0.1) is 0 Å². The Hall–Kier alpha value is -1.25. The van der Waals surface area contributed by atoms with Crippen LogP contribution in [-0.4, -0.2) is 6.08 Å². The molecule has 0 aliphatic carbocycles. The van der Waals surface area contributed by atoms with E-state index in [0.717, 1.165) is 12.1 Å². The Bertz CT molecular complexity index is 375. The highest BCUT2D eigenvalue weighted by atomic mass is 35.5. The van der Waals surface area contributed by atoms with Gasteiger partial charge in [-0.25, -0.2) is 18.6 Å². The van der Waals surface area contributed by atoms with Crippen LogP contribution in [0.3, 0.4) is 0 Å². The number of hydrogen-bond acceptors (Lipinski definition) is 2. The molecule has 0 spiro atoms. The van der Waals surface area contributed by atoms with Crippen LogP contribution in [0.2, 0.25) is 5.02 Å². The minimum atomic E-state index is -0.762. The molecule has 2 nitrogen and oxygen atoms in total. The van der Waals surface area contributed by atoms with Gasteiger partial charge in [0.25, 0.3) is 0 Å². The average molecular weight is 204 g/mol. The van der Waals surface area contributed by atoms with Crippen molar-refractivity contribution in [1.29, 1.82) is 0 Å². The number of carbonyl (C=O) groups excluding carboxylic acids is 1. The van der Waals surface area contributed by atoms with Gasteiger partial charge in [0.1, 0.15) is 11.6 Å². The maximum atomic E-state index is 13.0. The number of benzene rings is 1. The molecule has 0 bridgehead atoms. The van der Waals surface area contributed by atoms with Gasteiger partial charge in [0.2, 0.25) is 6.08 Å². The minimum Gasteiger partial charge on any atom is -0.211 e. The van der Waals surface area contributed by atoms with Crippen molar-refractivity contribution in [2.75, 3.05) is 0 Å². The van der Waals surface area contributed by atoms with Gasteiger partial charge in [0.05, 0.1) is 11.6 Å². The summed E-state index contributed by atoms with van der Waals surface area (Å²) < 4.78 is 25.7. The van der Waals surface area contributed by atoms with Crippen LogP contribution in [0.25, 0.3) is 0 Å². The number of isocyanates is 1. The molecule has 0 aromatic heterocycles. The van der Waals surface area contributed by atoms with Crippen molar-refractivity contribution < 1.29 is 13.6 Å². The van der Waals surface area contributed by atoms with Crippen molar-refractivity contribution in [3.63, 3.8) is 0 Å². The Kier molecular flexibility index (Phi) is 3.12. The van der Waals surface area contributed by atoms with Gasteiger partial charge < -0.3 is 0 Å². The highest BCUT2D eigenvalue weighted by Crippen LogP contribution is 2.20. The molecule has 0 N–H and O–H groups in total. The average Bonchev–Trinajstić information content (AvgIpc) is 2.09. The van der Waals surface area contributed by atoms with Gasteiger partial charge >= 0.3 is 0 Å². The lowest BCUT2D eigenvalue weighted by Gasteiger charge is -2.00. The summed E-state index contributed by atoms with van der Waals surface area (Å²) in [7, 11) is 0. The second-order valence-corrected chi connectivity index (χ2v) is 2.68. The molecule has 13 heavy (non-hydrogen) atoms. The summed E-state index contributed by atoms with van der Waals surface area (Å²) in [5.74, 6) is -1.43. The van der Waals surface area contributed by atoms with E-state index in [1.807, 2.05) is 0 Å². The van der Waals surface area contributed by atoms with E-state index in [9.17, 15) is 13.6 Å². The smallest absolute Gasteiger partial charge is 0.211 e. The first-order valence-electron chi connectivity index (χ1n) is 3.32. The summed E-state index contributed by atoms with van der Waals surface area (Å²) in [6.07, 6.45) is 1.23. The van der Waals surface area contributed by atoms with E-state index < -0.39 is 11.6 Å². The highest BCUT2D eigenvalue weighted by Gasteiger charge is 2.08. The van der Waals surface area contributed by atoms with E-state index in [2.05, 4.69) is 4.99 Å².